The van der Waals surface area contributed by atoms with Crippen molar-refractivity contribution in [3.05, 3.63) is 48.0 Å². The number of carbonyl (C=O) groups is 3. The number of hydrogen-bond donors (Lipinski definition) is 2. The van der Waals surface area contributed by atoms with Crippen LogP contribution in [0.1, 0.15) is 40.1 Å². The highest BCUT2D eigenvalue weighted by Crippen LogP contribution is 2.32. The second-order valence-corrected chi connectivity index (χ2v) is 8.47. The van der Waals surface area contributed by atoms with Gasteiger partial charge in [0.1, 0.15) is 24.2 Å². The van der Waals surface area contributed by atoms with Crippen LogP contribution in [0.15, 0.2) is 36.8 Å². The number of likely N-dealkylation sites (N-methyl/N-ethyl adjacent to an activating group) is 1. The monoisotopic (exact) mass is 483 g/mol. The van der Waals surface area contributed by atoms with Crippen molar-refractivity contribution in [2.45, 2.75) is 37.5 Å². The van der Waals surface area contributed by atoms with Gasteiger partial charge in [-0.05, 0) is 31.0 Å². The van der Waals surface area contributed by atoms with E-state index in [4.69, 9.17) is 14.2 Å². The number of aromatic nitrogens is 2. The Morgan fingerprint density at radius 3 is 2.89 bits per heavy atom. The van der Waals surface area contributed by atoms with Crippen LogP contribution in [0.5, 0.6) is 5.75 Å². The molecule has 1 fully saturated rings. The SMILES string of the molecule is COCCNC(=O)C[C@@H]1CC[C@@H]2[C@H](COc3ccc(NC(=O)c4cnccn4)cc3C(=O)N2C)O1. The minimum absolute atomic E-state index is 0.0944. The molecule has 0 radical (unpaired) electrons. The number of benzene rings is 1. The molecule has 3 heterocycles. The summed E-state index contributed by atoms with van der Waals surface area (Å²) in [7, 11) is 3.32. The first-order chi connectivity index (χ1) is 17.0. The molecule has 11 nitrogen and oxygen atoms in total. The average Bonchev–Trinajstić information content (AvgIpc) is 2.87. The van der Waals surface area contributed by atoms with Crippen LogP contribution in [-0.2, 0) is 14.3 Å². The van der Waals surface area contributed by atoms with Crippen molar-refractivity contribution < 1.29 is 28.6 Å². The molecule has 0 aliphatic carbocycles. The van der Waals surface area contributed by atoms with Crippen molar-refractivity contribution in [1.82, 2.24) is 20.2 Å². The van der Waals surface area contributed by atoms with E-state index in [1.54, 1.807) is 37.3 Å². The van der Waals surface area contributed by atoms with Gasteiger partial charge < -0.3 is 29.7 Å². The lowest BCUT2D eigenvalue weighted by Crippen LogP contribution is -2.54. The molecule has 0 spiro atoms. The molecular formula is C24H29N5O6. The number of rotatable bonds is 7. The number of fused-ring (bicyclic) bond motifs is 2. The predicted molar refractivity (Wildman–Crippen MR) is 125 cm³/mol. The number of nitrogens with one attached hydrogen (secondary N) is 2. The van der Waals surface area contributed by atoms with E-state index in [1.165, 1.54) is 18.6 Å². The zero-order valence-corrected chi connectivity index (χ0v) is 19.7. The van der Waals surface area contributed by atoms with E-state index < -0.39 is 5.91 Å². The molecule has 1 aromatic heterocycles. The van der Waals surface area contributed by atoms with Crippen LogP contribution in [0, 0.1) is 0 Å². The highest BCUT2D eigenvalue weighted by molar-refractivity contribution is 6.04. The van der Waals surface area contributed by atoms with Gasteiger partial charge in [-0.25, -0.2) is 4.98 Å². The first-order valence-corrected chi connectivity index (χ1v) is 11.5. The largest absolute Gasteiger partial charge is 0.490 e. The van der Waals surface area contributed by atoms with Crippen LogP contribution in [0.3, 0.4) is 0 Å². The smallest absolute Gasteiger partial charge is 0.275 e. The molecule has 186 valence electrons. The molecule has 11 heteroatoms. The Labute approximate surface area is 203 Å². The van der Waals surface area contributed by atoms with Crippen molar-refractivity contribution in [2.75, 3.05) is 39.2 Å². The van der Waals surface area contributed by atoms with Gasteiger partial charge in [-0.2, -0.15) is 0 Å². The predicted octanol–water partition coefficient (Wildman–Crippen LogP) is 1.26. The van der Waals surface area contributed by atoms with Gasteiger partial charge in [-0.15, -0.1) is 0 Å². The van der Waals surface area contributed by atoms with Gasteiger partial charge in [0.15, 0.2) is 0 Å². The Balaban J connectivity index is 1.43. The lowest BCUT2D eigenvalue weighted by Gasteiger charge is -2.42. The van der Waals surface area contributed by atoms with Gasteiger partial charge in [-0.3, -0.25) is 19.4 Å². The summed E-state index contributed by atoms with van der Waals surface area (Å²) in [6.07, 6.45) is 5.25. The molecule has 0 bridgehead atoms. The number of amides is 3. The van der Waals surface area contributed by atoms with Crippen molar-refractivity contribution in [1.29, 1.82) is 0 Å². The van der Waals surface area contributed by atoms with E-state index in [0.29, 0.717) is 43.0 Å². The summed E-state index contributed by atoms with van der Waals surface area (Å²) in [4.78, 5) is 47.5. The summed E-state index contributed by atoms with van der Waals surface area (Å²) in [5.41, 5.74) is 0.965. The molecule has 1 saturated heterocycles. The third-order valence-electron chi connectivity index (χ3n) is 6.11. The maximum atomic E-state index is 13.3. The van der Waals surface area contributed by atoms with Crippen molar-refractivity contribution in [2.24, 2.45) is 0 Å². The topological polar surface area (TPSA) is 132 Å². The summed E-state index contributed by atoms with van der Waals surface area (Å²) < 4.78 is 17.1. The van der Waals surface area contributed by atoms with E-state index >= 15 is 0 Å². The molecule has 2 N–H and O–H groups in total. The summed E-state index contributed by atoms with van der Waals surface area (Å²) >= 11 is 0. The maximum Gasteiger partial charge on any atom is 0.275 e. The summed E-state index contributed by atoms with van der Waals surface area (Å²) in [5, 5.41) is 5.55. The fourth-order valence-electron chi connectivity index (χ4n) is 4.29. The van der Waals surface area contributed by atoms with Crippen molar-refractivity contribution >= 4 is 23.4 Å². The number of ether oxygens (including phenoxy) is 3. The van der Waals surface area contributed by atoms with E-state index in [-0.39, 0.29) is 48.8 Å². The van der Waals surface area contributed by atoms with Crippen molar-refractivity contribution in [3.63, 3.8) is 0 Å². The van der Waals surface area contributed by atoms with Crippen LogP contribution in [0.2, 0.25) is 0 Å². The maximum absolute atomic E-state index is 13.3. The third kappa shape index (κ3) is 5.92. The molecule has 35 heavy (non-hydrogen) atoms. The zero-order valence-electron chi connectivity index (χ0n) is 19.7. The Bertz CT molecular complexity index is 1070. The van der Waals surface area contributed by atoms with Crippen LogP contribution < -0.4 is 15.4 Å². The van der Waals surface area contributed by atoms with E-state index in [1.807, 2.05) is 0 Å². The van der Waals surface area contributed by atoms with Crippen LogP contribution >= 0.6 is 0 Å². The van der Waals surface area contributed by atoms with Crippen LogP contribution in [-0.4, -0.2) is 84.8 Å². The molecule has 3 amide bonds. The van der Waals surface area contributed by atoms with Gasteiger partial charge in [0, 0.05) is 38.8 Å². The Morgan fingerprint density at radius 1 is 1.26 bits per heavy atom. The molecule has 2 aromatic rings. The number of nitrogens with zero attached hydrogens (tertiary/aromatic N) is 3. The molecule has 3 atom stereocenters. The van der Waals surface area contributed by atoms with Crippen molar-refractivity contribution in [3.8, 4) is 5.75 Å². The third-order valence-corrected chi connectivity index (χ3v) is 6.11. The first kappa shape index (κ1) is 24.6. The van der Waals surface area contributed by atoms with Gasteiger partial charge in [0.25, 0.3) is 11.8 Å². The van der Waals surface area contributed by atoms with Crippen LogP contribution in [0.25, 0.3) is 0 Å². The minimum Gasteiger partial charge on any atom is -0.490 e. The second kappa shape index (κ2) is 11.2. The summed E-state index contributed by atoms with van der Waals surface area (Å²) in [6.45, 7) is 1.14. The summed E-state index contributed by atoms with van der Waals surface area (Å²) in [5.74, 6) is -0.350. The number of carbonyl (C=O) groups excluding carboxylic acids is 3. The highest BCUT2D eigenvalue weighted by atomic mass is 16.5. The standard InChI is InChI=1S/C24H29N5O6/c1-29-19-5-4-16(12-22(30)27-9-10-33-2)35-21(19)14-34-20-6-3-15(11-17(20)24(29)32)28-23(31)18-13-25-7-8-26-18/h3,6-8,11,13,16,19,21H,4-5,9-10,12,14H2,1-2H3,(H,27,30)(H,28,31)/t16-,19+,21-/m0/s1. The zero-order chi connectivity index (χ0) is 24.8. The Morgan fingerprint density at radius 2 is 2.11 bits per heavy atom. The number of methoxy groups -OCH3 is 1. The lowest BCUT2D eigenvalue weighted by molar-refractivity contribution is -0.134. The molecule has 2 aliphatic heterocycles. The fourth-order valence-corrected chi connectivity index (χ4v) is 4.29. The lowest BCUT2D eigenvalue weighted by atomic mass is 9.94. The first-order valence-electron chi connectivity index (χ1n) is 11.5. The molecule has 2 aliphatic rings. The Kier molecular flexibility index (Phi) is 7.88. The second-order valence-electron chi connectivity index (χ2n) is 8.47. The quantitative estimate of drug-likeness (QED) is 0.563. The van der Waals surface area contributed by atoms with E-state index in [2.05, 4.69) is 20.6 Å². The number of anilines is 1. The summed E-state index contributed by atoms with van der Waals surface area (Å²) in [6, 6.07) is 4.71. The molecular weight excluding hydrogens is 454 g/mol. The highest BCUT2D eigenvalue weighted by Gasteiger charge is 2.39. The number of hydrogen-bond acceptors (Lipinski definition) is 8. The molecule has 1 aromatic carbocycles. The van der Waals surface area contributed by atoms with E-state index in [0.717, 1.165) is 0 Å². The fraction of sp³-hybridized carbons (Fsp3) is 0.458. The van der Waals surface area contributed by atoms with Gasteiger partial charge in [0.2, 0.25) is 5.91 Å². The average molecular weight is 484 g/mol. The molecule has 0 saturated carbocycles. The van der Waals surface area contributed by atoms with E-state index in [9.17, 15) is 14.4 Å². The van der Waals surface area contributed by atoms with Gasteiger partial charge in [-0.1, -0.05) is 0 Å². The normalized spacial score (nSPS) is 21.6. The van der Waals surface area contributed by atoms with Gasteiger partial charge in [0.05, 0.1) is 36.9 Å². The Hall–Kier alpha value is -3.57. The molecule has 0 unspecified atom stereocenters. The minimum atomic E-state index is -0.427. The van der Waals surface area contributed by atoms with Crippen LogP contribution in [0.4, 0.5) is 5.69 Å². The molecule has 4 rings (SSSR count). The van der Waals surface area contributed by atoms with Gasteiger partial charge >= 0.3 is 0 Å².